The second-order valence-corrected chi connectivity index (χ2v) is 4.72. The Labute approximate surface area is 107 Å². The fourth-order valence-electron chi connectivity index (χ4n) is 2.01. The zero-order chi connectivity index (χ0) is 12.3. The first kappa shape index (κ1) is 12.4. The van der Waals surface area contributed by atoms with Crippen molar-refractivity contribution in [1.29, 1.82) is 0 Å². The zero-order valence-electron chi connectivity index (χ0n) is 9.93. The van der Waals surface area contributed by atoms with Crippen LogP contribution in [0.15, 0.2) is 29.3 Å². The van der Waals surface area contributed by atoms with Crippen LogP contribution < -0.4 is 0 Å². The summed E-state index contributed by atoms with van der Waals surface area (Å²) in [5.41, 5.74) is 0.774. The third kappa shape index (κ3) is 2.99. The average Bonchev–Trinajstić information content (AvgIpc) is 2.32. The molecule has 1 atom stereocenters. The van der Waals surface area contributed by atoms with E-state index in [0.717, 1.165) is 30.9 Å². The van der Waals surface area contributed by atoms with Gasteiger partial charge in [0.05, 0.1) is 6.10 Å². The fourth-order valence-corrected chi connectivity index (χ4v) is 2.28. The van der Waals surface area contributed by atoms with Gasteiger partial charge < -0.3 is 10.0 Å². The highest BCUT2D eigenvalue weighted by Gasteiger charge is 2.18. The van der Waals surface area contributed by atoms with Crippen LogP contribution in [0.25, 0.3) is 0 Å². The predicted octanol–water partition coefficient (Wildman–Crippen LogP) is 2.50. The molecule has 4 heteroatoms. The molecule has 0 fully saturated rings. The maximum absolute atomic E-state index is 10.2. The Kier molecular flexibility index (Phi) is 4.02. The van der Waals surface area contributed by atoms with Gasteiger partial charge >= 0.3 is 0 Å². The summed E-state index contributed by atoms with van der Waals surface area (Å²) in [4.78, 5) is 6.55. The van der Waals surface area contributed by atoms with Crippen LogP contribution in [0.1, 0.15) is 24.5 Å². The normalized spacial score (nSPS) is 17.8. The second-order valence-electron chi connectivity index (χ2n) is 4.31. The Morgan fingerprint density at radius 1 is 1.47 bits per heavy atom. The van der Waals surface area contributed by atoms with E-state index in [2.05, 4.69) is 9.89 Å². The zero-order valence-corrected chi connectivity index (χ0v) is 10.7. The summed E-state index contributed by atoms with van der Waals surface area (Å²) < 4.78 is 0. The van der Waals surface area contributed by atoms with Crippen molar-refractivity contribution in [1.82, 2.24) is 4.90 Å². The number of aliphatic hydroxyl groups excluding tert-OH is 1. The molecule has 0 spiro atoms. The third-order valence-electron chi connectivity index (χ3n) is 3.03. The summed E-state index contributed by atoms with van der Waals surface area (Å²) in [6.45, 7) is 1.86. The summed E-state index contributed by atoms with van der Waals surface area (Å²) in [7, 11) is 2.01. The molecule has 1 aromatic carbocycles. The maximum atomic E-state index is 10.2. The summed E-state index contributed by atoms with van der Waals surface area (Å²) >= 11 is 6.06. The van der Waals surface area contributed by atoms with Gasteiger partial charge in [0.1, 0.15) is 5.84 Å². The van der Waals surface area contributed by atoms with Crippen molar-refractivity contribution in [2.45, 2.75) is 18.9 Å². The Hall–Kier alpha value is -1.06. The van der Waals surface area contributed by atoms with E-state index in [1.165, 1.54) is 0 Å². The molecular weight excluding hydrogens is 236 g/mol. The number of aliphatic imine (C=N–C) groups is 1. The minimum absolute atomic E-state index is 0.528. The Balaban J connectivity index is 2.09. The van der Waals surface area contributed by atoms with Gasteiger partial charge in [-0.3, -0.25) is 4.99 Å². The molecule has 0 amide bonds. The van der Waals surface area contributed by atoms with Crippen molar-refractivity contribution in [3.8, 4) is 0 Å². The van der Waals surface area contributed by atoms with Crippen LogP contribution in [-0.2, 0) is 0 Å². The van der Waals surface area contributed by atoms with Gasteiger partial charge in [0, 0.05) is 31.6 Å². The highest BCUT2D eigenvalue weighted by atomic mass is 35.5. The first-order valence-corrected chi connectivity index (χ1v) is 6.23. The number of aliphatic hydroxyl groups is 1. The first-order valence-electron chi connectivity index (χ1n) is 5.85. The van der Waals surface area contributed by atoms with Crippen molar-refractivity contribution in [2.75, 3.05) is 20.1 Å². The van der Waals surface area contributed by atoms with Gasteiger partial charge in [-0.15, -0.1) is 0 Å². The molecule has 92 valence electrons. The number of hydrogen-bond donors (Lipinski definition) is 1. The number of rotatable bonds is 3. The minimum atomic E-state index is -0.581. The molecule has 1 aliphatic rings. The molecule has 0 aromatic heterocycles. The molecular formula is C13H17ClN2O. The van der Waals surface area contributed by atoms with Gasteiger partial charge in [0.15, 0.2) is 0 Å². The molecule has 0 bridgehead atoms. The number of hydrogen-bond acceptors (Lipinski definition) is 3. The number of benzene rings is 1. The number of nitrogens with zero attached hydrogens (tertiary/aromatic N) is 2. The van der Waals surface area contributed by atoms with E-state index < -0.39 is 6.10 Å². The van der Waals surface area contributed by atoms with E-state index in [0.29, 0.717) is 11.4 Å². The van der Waals surface area contributed by atoms with Gasteiger partial charge in [-0.25, -0.2) is 0 Å². The average molecular weight is 253 g/mol. The molecule has 1 heterocycles. The van der Waals surface area contributed by atoms with E-state index in [-0.39, 0.29) is 0 Å². The van der Waals surface area contributed by atoms with Crippen LogP contribution in [0, 0.1) is 0 Å². The molecule has 2 rings (SSSR count). The first-order chi connectivity index (χ1) is 8.18. The monoisotopic (exact) mass is 252 g/mol. The molecule has 1 aliphatic heterocycles. The largest absolute Gasteiger partial charge is 0.388 e. The Morgan fingerprint density at radius 3 is 2.94 bits per heavy atom. The van der Waals surface area contributed by atoms with E-state index in [9.17, 15) is 5.11 Å². The van der Waals surface area contributed by atoms with Crippen LogP contribution in [0.4, 0.5) is 0 Å². The lowest BCUT2D eigenvalue weighted by molar-refractivity contribution is 0.181. The van der Waals surface area contributed by atoms with Crippen molar-refractivity contribution < 1.29 is 5.11 Å². The number of halogens is 1. The molecule has 0 aliphatic carbocycles. The van der Waals surface area contributed by atoms with Crippen molar-refractivity contribution in [3.05, 3.63) is 34.9 Å². The summed E-state index contributed by atoms with van der Waals surface area (Å²) in [5, 5.41) is 10.8. The van der Waals surface area contributed by atoms with Gasteiger partial charge in [-0.2, -0.15) is 0 Å². The molecule has 1 unspecified atom stereocenters. The molecule has 0 saturated heterocycles. The molecule has 1 N–H and O–H groups in total. The molecule has 17 heavy (non-hydrogen) atoms. The smallest absolute Gasteiger partial charge is 0.102 e. The summed E-state index contributed by atoms with van der Waals surface area (Å²) in [6.07, 6.45) is 1.03. The lowest BCUT2D eigenvalue weighted by Gasteiger charge is -2.26. The maximum Gasteiger partial charge on any atom is 0.102 e. The van der Waals surface area contributed by atoms with Crippen LogP contribution in [0.2, 0.25) is 5.02 Å². The van der Waals surface area contributed by atoms with E-state index in [1.54, 1.807) is 6.07 Å². The van der Waals surface area contributed by atoms with Crippen molar-refractivity contribution in [2.24, 2.45) is 4.99 Å². The second kappa shape index (κ2) is 5.52. The Bertz CT molecular complexity index is 420. The van der Waals surface area contributed by atoms with Crippen molar-refractivity contribution in [3.63, 3.8) is 0 Å². The van der Waals surface area contributed by atoms with Crippen molar-refractivity contribution >= 4 is 17.4 Å². The molecule has 0 radical (unpaired) electrons. The molecule has 3 nitrogen and oxygen atoms in total. The van der Waals surface area contributed by atoms with Gasteiger partial charge in [0.2, 0.25) is 0 Å². The van der Waals surface area contributed by atoms with Crippen LogP contribution in [0.3, 0.4) is 0 Å². The van der Waals surface area contributed by atoms with E-state index >= 15 is 0 Å². The lowest BCUT2D eigenvalue weighted by atomic mass is 10.1. The topological polar surface area (TPSA) is 35.8 Å². The van der Waals surface area contributed by atoms with Gasteiger partial charge in [-0.1, -0.05) is 29.8 Å². The third-order valence-corrected chi connectivity index (χ3v) is 3.37. The minimum Gasteiger partial charge on any atom is -0.388 e. The van der Waals surface area contributed by atoms with Crippen LogP contribution >= 0.6 is 11.6 Å². The Morgan fingerprint density at radius 2 is 2.24 bits per heavy atom. The standard InChI is InChI=1S/C13H17ClN2O/c1-16-8-4-7-15-13(16)9-12(17)10-5-2-3-6-11(10)14/h2-3,5-6,12,17H,4,7-9H2,1H3. The van der Waals surface area contributed by atoms with E-state index in [1.807, 2.05) is 25.2 Å². The molecule has 1 aromatic rings. The predicted molar refractivity (Wildman–Crippen MR) is 70.6 cm³/mol. The summed E-state index contributed by atoms with van der Waals surface area (Å²) in [5.74, 6) is 0.962. The SMILES string of the molecule is CN1CCCN=C1CC(O)c1ccccc1Cl. The highest BCUT2D eigenvalue weighted by molar-refractivity contribution is 6.31. The van der Waals surface area contributed by atoms with Gasteiger partial charge in [0.25, 0.3) is 0 Å². The van der Waals surface area contributed by atoms with Gasteiger partial charge in [-0.05, 0) is 18.1 Å². The fraction of sp³-hybridized carbons (Fsp3) is 0.462. The quantitative estimate of drug-likeness (QED) is 0.897. The summed E-state index contributed by atoms with van der Waals surface area (Å²) in [6, 6.07) is 7.41. The number of amidine groups is 1. The lowest BCUT2D eigenvalue weighted by Crippen LogP contribution is -2.33. The van der Waals surface area contributed by atoms with Crippen LogP contribution in [0.5, 0.6) is 0 Å². The highest BCUT2D eigenvalue weighted by Crippen LogP contribution is 2.25. The van der Waals surface area contributed by atoms with Crippen LogP contribution in [-0.4, -0.2) is 36.0 Å². The van der Waals surface area contributed by atoms with E-state index in [4.69, 9.17) is 11.6 Å². The molecule has 0 saturated carbocycles.